The third-order valence-corrected chi connectivity index (χ3v) is 6.06. The molecule has 0 spiro atoms. The van der Waals surface area contributed by atoms with Crippen LogP contribution in [0.1, 0.15) is 54.4 Å². The third kappa shape index (κ3) is 4.42. The molecule has 0 aliphatic heterocycles. The first-order valence-corrected chi connectivity index (χ1v) is 10.1. The lowest BCUT2D eigenvalue weighted by Gasteiger charge is -2.39. The summed E-state index contributed by atoms with van der Waals surface area (Å²) in [5, 5.41) is 5.92. The summed E-state index contributed by atoms with van der Waals surface area (Å²) in [6, 6.07) is 15.4. The molecule has 2 aliphatic rings. The van der Waals surface area contributed by atoms with Crippen molar-refractivity contribution in [3.05, 3.63) is 71.5 Å². The first kappa shape index (κ1) is 19.4. The van der Waals surface area contributed by atoms with E-state index in [1.807, 2.05) is 30.3 Å². The van der Waals surface area contributed by atoms with Crippen molar-refractivity contribution >= 4 is 12.0 Å². The largest absolute Gasteiger partial charge is 0.443 e. The third-order valence-electron chi connectivity index (χ3n) is 6.06. The number of ether oxygens (including phenoxy) is 1. The Labute approximate surface area is 169 Å². The first-order chi connectivity index (χ1) is 14.0. The fraction of sp³-hybridized carbons (Fsp3) is 0.391. The van der Waals surface area contributed by atoms with Crippen molar-refractivity contribution in [2.45, 2.75) is 56.2 Å². The van der Waals surface area contributed by atoms with Crippen LogP contribution < -0.4 is 10.6 Å². The molecule has 0 heterocycles. The summed E-state index contributed by atoms with van der Waals surface area (Å²) in [5.74, 6) is -0.714. The zero-order valence-corrected chi connectivity index (χ0v) is 16.2. The number of alkyl carbamates (subject to hydrolysis) is 1. The van der Waals surface area contributed by atoms with Crippen LogP contribution in [0.4, 0.5) is 9.18 Å². The highest BCUT2D eigenvalue weighted by Gasteiger charge is 2.54. The van der Waals surface area contributed by atoms with Gasteiger partial charge in [0.1, 0.15) is 11.4 Å². The van der Waals surface area contributed by atoms with Crippen molar-refractivity contribution in [3.63, 3.8) is 0 Å². The maximum atomic E-state index is 13.4. The summed E-state index contributed by atoms with van der Waals surface area (Å²) in [4.78, 5) is 25.0. The van der Waals surface area contributed by atoms with Crippen LogP contribution >= 0.6 is 0 Å². The molecule has 2 amide bonds. The zero-order chi connectivity index (χ0) is 20.3. The van der Waals surface area contributed by atoms with E-state index in [4.69, 9.17) is 4.74 Å². The van der Waals surface area contributed by atoms with E-state index in [1.54, 1.807) is 6.07 Å². The second kappa shape index (κ2) is 7.85. The summed E-state index contributed by atoms with van der Waals surface area (Å²) < 4.78 is 19.3. The van der Waals surface area contributed by atoms with Gasteiger partial charge in [-0.15, -0.1) is 0 Å². The molecule has 2 aromatic carbocycles. The van der Waals surface area contributed by atoms with Gasteiger partial charge in [-0.3, -0.25) is 4.79 Å². The highest BCUT2D eigenvalue weighted by atomic mass is 19.1. The van der Waals surface area contributed by atoms with Crippen LogP contribution in [-0.2, 0) is 11.3 Å². The number of nitrogens with one attached hydrogen (secondary N) is 2. The predicted octanol–water partition coefficient (Wildman–Crippen LogP) is 4.33. The van der Waals surface area contributed by atoms with Crippen molar-refractivity contribution in [1.29, 1.82) is 0 Å². The van der Waals surface area contributed by atoms with Gasteiger partial charge in [0.25, 0.3) is 5.91 Å². The van der Waals surface area contributed by atoms with Crippen molar-refractivity contribution in [3.8, 4) is 0 Å². The first-order valence-electron chi connectivity index (χ1n) is 10.1. The second-order valence-corrected chi connectivity index (χ2v) is 8.19. The van der Waals surface area contributed by atoms with Gasteiger partial charge in [0.15, 0.2) is 0 Å². The molecular formula is C23H25FN2O3. The lowest BCUT2D eigenvalue weighted by atomic mass is 9.80. The highest BCUT2D eigenvalue weighted by molar-refractivity contribution is 5.94. The Bertz CT molecular complexity index is 904. The van der Waals surface area contributed by atoms with Crippen molar-refractivity contribution < 1.29 is 18.7 Å². The highest BCUT2D eigenvalue weighted by Crippen LogP contribution is 2.50. The monoisotopic (exact) mass is 396 g/mol. The Morgan fingerprint density at radius 2 is 1.83 bits per heavy atom. The Balaban J connectivity index is 1.37. The SMILES string of the molecule is O=C(NCc1ccccc1)OC12CCCC(NC(=O)c3cccc(F)c3)(CC1)C2. The molecule has 29 heavy (non-hydrogen) atoms. The van der Waals surface area contributed by atoms with Gasteiger partial charge in [0, 0.05) is 24.1 Å². The van der Waals surface area contributed by atoms with E-state index in [0.717, 1.165) is 37.7 Å². The zero-order valence-electron chi connectivity index (χ0n) is 16.2. The van der Waals surface area contributed by atoms with E-state index in [2.05, 4.69) is 10.6 Å². The summed E-state index contributed by atoms with van der Waals surface area (Å²) in [5.41, 5.74) is 0.368. The van der Waals surface area contributed by atoms with E-state index in [-0.39, 0.29) is 5.91 Å². The summed E-state index contributed by atoms with van der Waals surface area (Å²) in [6.07, 6.45) is 4.14. The number of hydrogen-bond acceptors (Lipinski definition) is 3. The lowest BCUT2D eigenvalue weighted by Crippen LogP contribution is -2.51. The number of amides is 2. The Kier molecular flexibility index (Phi) is 5.26. The van der Waals surface area contributed by atoms with Crippen molar-refractivity contribution in [1.82, 2.24) is 10.6 Å². The Hall–Kier alpha value is -2.89. The smallest absolute Gasteiger partial charge is 0.407 e. The maximum absolute atomic E-state index is 13.4. The molecule has 2 saturated carbocycles. The molecule has 2 N–H and O–H groups in total. The number of carbonyl (C=O) groups excluding carboxylic acids is 2. The van der Waals surface area contributed by atoms with Crippen LogP contribution in [0, 0.1) is 5.82 Å². The molecule has 0 saturated heterocycles. The molecule has 5 nitrogen and oxygen atoms in total. The molecule has 2 aliphatic carbocycles. The minimum absolute atomic E-state index is 0.282. The molecule has 0 radical (unpaired) electrons. The van der Waals surface area contributed by atoms with Crippen molar-refractivity contribution in [2.75, 3.05) is 0 Å². The fourth-order valence-electron chi connectivity index (χ4n) is 4.69. The van der Waals surface area contributed by atoms with E-state index in [0.29, 0.717) is 18.5 Å². The van der Waals surface area contributed by atoms with Gasteiger partial charge in [-0.1, -0.05) is 36.4 Å². The van der Waals surface area contributed by atoms with Gasteiger partial charge in [-0.2, -0.15) is 0 Å². The molecular weight excluding hydrogens is 371 g/mol. The molecule has 2 atom stereocenters. The van der Waals surface area contributed by atoms with Gasteiger partial charge < -0.3 is 15.4 Å². The predicted molar refractivity (Wildman–Crippen MR) is 107 cm³/mol. The topological polar surface area (TPSA) is 67.4 Å². The van der Waals surface area contributed by atoms with Gasteiger partial charge in [-0.05, 0) is 55.9 Å². The summed E-state index contributed by atoms with van der Waals surface area (Å²) in [7, 11) is 0. The number of hydrogen-bond donors (Lipinski definition) is 2. The molecule has 2 bridgehead atoms. The van der Waals surface area contributed by atoms with E-state index in [9.17, 15) is 14.0 Å². The number of fused-ring (bicyclic) bond motifs is 2. The lowest BCUT2D eigenvalue weighted by molar-refractivity contribution is -0.0106. The molecule has 0 aromatic heterocycles. The van der Waals surface area contributed by atoms with Crippen LogP contribution in [0.5, 0.6) is 0 Å². The van der Waals surface area contributed by atoms with Crippen LogP contribution in [0.15, 0.2) is 54.6 Å². The number of rotatable bonds is 5. The maximum Gasteiger partial charge on any atom is 0.407 e. The molecule has 2 fully saturated rings. The standard InChI is InChI=1S/C23H25FN2O3/c24-19-9-4-8-18(14-19)20(27)26-22-10-5-11-23(16-22,13-12-22)29-21(28)25-15-17-6-2-1-3-7-17/h1-4,6-9,14H,5,10-13,15-16H2,(H,25,28)(H,26,27). The number of benzene rings is 2. The van der Waals surface area contributed by atoms with Crippen LogP contribution in [0.3, 0.4) is 0 Å². The normalized spacial score (nSPS) is 25.3. The van der Waals surface area contributed by atoms with Crippen LogP contribution in [0.2, 0.25) is 0 Å². The second-order valence-electron chi connectivity index (χ2n) is 8.19. The Morgan fingerprint density at radius 1 is 1.00 bits per heavy atom. The average molecular weight is 396 g/mol. The van der Waals surface area contributed by atoms with Gasteiger partial charge in [0.2, 0.25) is 0 Å². The van der Waals surface area contributed by atoms with E-state index in [1.165, 1.54) is 18.2 Å². The Morgan fingerprint density at radius 3 is 2.62 bits per heavy atom. The fourth-order valence-corrected chi connectivity index (χ4v) is 4.69. The molecule has 2 unspecified atom stereocenters. The molecule has 152 valence electrons. The quantitative estimate of drug-likeness (QED) is 0.791. The molecule has 6 heteroatoms. The van der Waals surface area contributed by atoms with Gasteiger partial charge in [-0.25, -0.2) is 9.18 Å². The number of halogens is 1. The van der Waals surface area contributed by atoms with Gasteiger partial charge in [0.05, 0.1) is 0 Å². The molecule has 4 rings (SSSR count). The summed E-state index contributed by atoms with van der Waals surface area (Å²) in [6.45, 7) is 0.414. The van der Waals surface area contributed by atoms with Crippen molar-refractivity contribution in [2.24, 2.45) is 0 Å². The van der Waals surface area contributed by atoms with E-state index < -0.39 is 23.1 Å². The van der Waals surface area contributed by atoms with Crippen LogP contribution in [0.25, 0.3) is 0 Å². The average Bonchev–Trinajstić information content (AvgIpc) is 2.96. The number of carbonyl (C=O) groups is 2. The van der Waals surface area contributed by atoms with Crippen LogP contribution in [-0.4, -0.2) is 23.1 Å². The van der Waals surface area contributed by atoms with Gasteiger partial charge >= 0.3 is 6.09 Å². The minimum atomic E-state index is -0.547. The summed E-state index contributed by atoms with van der Waals surface area (Å²) >= 11 is 0. The minimum Gasteiger partial charge on any atom is -0.443 e. The molecule has 2 aromatic rings. The van der Waals surface area contributed by atoms with E-state index >= 15 is 0 Å².